The number of benzene rings is 1. The second-order valence-corrected chi connectivity index (χ2v) is 5.93. The van der Waals surface area contributed by atoms with Gasteiger partial charge in [0.1, 0.15) is 6.54 Å². The van der Waals surface area contributed by atoms with Crippen LogP contribution in [0.25, 0.3) is 0 Å². The van der Waals surface area contributed by atoms with Crippen molar-refractivity contribution in [3.05, 3.63) is 30.3 Å². The van der Waals surface area contributed by atoms with E-state index in [0.29, 0.717) is 32.0 Å². The molecule has 2 amide bonds. The Hall–Kier alpha value is -1.84. The molecule has 7 nitrogen and oxygen atoms in total. The molecule has 1 aromatic rings. The molecule has 26 heavy (non-hydrogen) atoms. The minimum absolute atomic E-state index is 0. The monoisotopic (exact) mass is 473 g/mol. The van der Waals surface area contributed by atoms with Crippen LogP contribution < -0.4 is 20.9 Å². The Balaban J connectivity index is 0.00000338. The molecule has 0 aromatic heterocycles. The summed E-state index contributed by atoms with van der Waals surface area (Å²) in [4.78, 5) is 30.0. The van der Waals surface area contributed by atoms with Crippen molar-refractivity contribution in [1.29, 1.82) is 0 Å². The molecule has 0 aliphatic carbocycles. The molecule has 1 saturated heterocycles. The third kappa shape index (κ3) is 6.81. The van der Waals surface area contributed by atoms with Crippen molar-refractivity contribution in [2.24, 2.45) is 4.99 Å². The number of rotatable bonds is 7. The first-order valence-electron chi connectivity index (χ1n) is 8.81. The van der Waals surface area contributed by atoms with Gasteiger partial charge in [0.15, 0.2) is 5.96 Å². The molecule has 2 rings (SSSR count). The summed E-state index contributed by atoms with van der Waals surface area (Å²) < 4.78 is 0. The van der Waals surface area contributed by atoms with Gasteiger partial charge in [-0.1, -0.05) is 25.1 Å². The summed E-state index contributed by atoms with van der Waals surface area (Å²) in [6.07, 6.45) is 1.30. The minimum atomic E-state index is -0.104. The van der Waals surface area contributed by atoms with Crippen LogP contribution in [0.15, 0.2) is 35.3 Å². The smallest absolute Gasteiger partial charge is 0.241 e. The van der Waals surface area contributed by atoms with E-state index in [1.165, 1.54) is 0 Å². The summed E-state index contributed by atoms with van der Waals surface area (Å²) in [6.45, 7) is 5.95. The predicted molar refractivity (Wildman–Crippen MR) is 115 cm³/mol. The number of carbonyl (C=O) groups is 2. The van der Waals surface area contributed by atoms with Gasteiger partial charge < -0.3 is 20.9 Å². The average Bonchev–Trinajstić information content (AvgIpc) is 2.99. The lowest BCUT2D eigenvalue weighted by molar-refractivity contribution is -0.119. The summed E-state index contributed by atoms with van der Waals surface area (Å²) in [5.74, 6) is 0.537. The maximum absolute atomic E-state index is 12.3. The van der Waals surface area contributed by atoms with Crippen LogP contribution in [0.2, 0.25) is 0 Å². The molecule has 3 N–H and O–H groups in total. The fraction of sp³-hybridized carbons (Fsp3) is 0.500. The lowest BCUT2D eigenvalue weighted by Gasteiger charge is -2.19. The molecular weight excluding hydrogens is 445 g/mol. The van der Waals surface area contributed by atoms with E-state index in [1.54, 1.807) is 4.90 Å². The topological polar surface area (TPSA) is 85.8 Å². The quantitative estimate of drug-likeness (QED) is 0.318. The van der Waals surface area contributed by atoms with Crippen molar-refractivity contribution in [3.8, 4) is 0 Å². The molecule has 0 saturated carbocycles. The number of amides is 2. The molecular formula is C18H28IN5O2. The number of guanidine groups is 1. The van der Waals surface area contributed by atoms with Crippen LogP contribution in [0, 0.1) is 0 Å². The zero-order valence-electron chi connectivity index (χ0n) is 15.3. The zero-order valence-corrected chi connectivity index (χ0v) is 17.7. The summed E-state index contributed by atoms with van der Waals surface area (Å²) >= 11 is 0. The van der Waals surface area contributed by atoms with Crippen LogP contribution in [0.3, 0.4) is 0 Å². The molecule has 1 aliphatic heterocycles. The molecule has 1 aromatic carbocycles. The van der Waals surface area contributed by atoms with Crippen LogP contribution in [0.5, 0.6) is 0 Å². The van der Waals surface area contributed by atoms with E-state index in [2.05, 4.69) is 20.9 Å². The van der Waals surface area contributed by atoms with Gasteiger partial charge in [0.25, 0.3) is 0 Å². The van der Waals surface area contributed by atoms with E-state index < -0.39 is 0 Å². The normalized spacial score (nSPS) is 16.8. The number of hydrogen-bond donors (Lipinski definition) is 3. The van der Waals surface area contributed by atoms with Crippen LogP contribution in [0.1, 0.15) is 26.7 Å². The highest BCUT2D eigenvalue weighted by Crippen LogP contribution is 2.20. The third-order valence-electron chi connectivity index (χ3n) is 3.83. The van der Waals surface area contributed by atoms with Gasteiger partial charge in [-0.2, -0.15) is 0 Å². The number of aliphatic imine (C=N–C) groups is 1. The van der Waals surface area contributed by atoms with Crippen molar-refractivity contribution in [2.45, 2.75) is 32.7 Å². The number of nitrogens with one attached hydrogen (secondary N) is 3. The number of nitrogens with zero attached hydrogens (tertiary/aromatic N) is 2. The summed E-state index contributed by atoms with van der Waals surface area (Å²) in [5, 5.41) is 9.17. The lowest BCUT2D eigenvalue weighted by Crippen LogP contribution is -2.45. The number of anilines is 1. The van der Waals surface area contributed by atoms with Gasteiger partial charge >= 0.3 is 0 Å². The predicted octanol–water partition coefficient (Wildman–Crippen LogP) is 1.49. The van der Waals surface area contributed by atoms with E-state index in [-0.39, 0.29) is 48.4 Å². The van der Waals surface area contributed by atoms with Gasteiger partial charge in [-0.3, -0.25) is 9.59 Å². The Kier molecular flexibility index (Phi) is 10.0. The first-order valence-corrected chi connectivity index (χ1v) is 8.81. The van der Waals surface area contributed by atoms with Crippen LogP contribution in [-0.2, 0) is 9.59 Å². The van der Waals surface area contributed by atoms with Gasteiger partial charge in [0, 0.05) is 31.7 Å². The highest BCUT2D eigenvalue weighted by molar-refractivity contribution is 14.0. The summed E-state index contributed by atoms with van der Waals surface area (Å²) in [7, 11) is 0. The Morgan fingerprint density at radius 1 is 1.23 bits per heavy atom. The minimum Gasteiger partial charge on any atom is -0.357 e. The van der Waals surface area contributed by atoms with Crippen molar-refractivity contribution < 1.29 is 9.59 Å². The Morgan fingerprint density at radius 2 is 1.96 bits per heavy atom. The van der Waals surface area contributed by atoms with Gasteiger partial charge in [0.05, 0.1) is 6.04 Å². The van der Waals surface area contributed by atoms with Crippen molar-refractivity contribution in [2.75, 3.05) is 31.1 Å². The van der Waals surface area contributed by atoms with Gasteiger partial charge in [-0.05, 0) is 25.5 Å². The SMILES string of the molecule is CCCNC(=O)CN=C(NCC)NC1CC(=O)N(c2ccccc2)C1.I. The van der Waals surface area contributed by atoms with Crippen molar-refractivity contribution in [3.63, 3.8) is 0 Å². The maximum atomic E-state index is 12.3. The first kappa shape index (κ1) is 22.2. The Labute approximate surface area is 172 Å². The standard InChI is InChI=1S/C18H27N5O2.HI/c1-3-10-20-16(24)12-21-18(19-4-2)22-14-11-17(25)23(13-14)15-8-6-5-7-9-15;/h5-9,14H,3-4,10-13H2,1-2H3,(H,20,24)(H2,19,21,22);1H. The van der Waals surface area contributed by atoms with Crippen molar-refractivity contribution >= 4 is 47.4 Å². The Bertz CT molecular complexity index is 609. The second kappa shape index (κ2) is 11.7. The molecule has 1 atom stereocenters. The second-order valence-electron chi connectivity index (χ2n) is 5.93. The number of halogens is 1. The largest absolute Gasteiger partial charge is 0.357 e. The molecule has 8 heteroatoms. The highest BCUT2D eigenvalue weighted by atomic mass is 127. The third-order valence-corrected chi connectivity index (χ3v) is 3.83. The molecule has 1 fully saturated rings. The molecule has 0 radical (unpaired) electrons. The number of para-hydroxylation sites is 1. The fourth-order valence-electron chi connectivity index (χ4n) is 2.65. The average molecular weight is 473 g/mol. The van der Waals surface area contributed by atoms with Crippen LogP contribution in [-0.4, -0.2) is 50.0 Å². The lowest BCUT2D eigenvalue weighted by atomic mass is 10.2. The van der Waals surface area contributed by atoms with E-state index in [0.717, 1.165) is 12.1 Å². The van der Waals surface area contributed by atoms with E-state index in [9.17, 15) is 9.59 Å². The maximum Gasteiger partial charge on any atom is 0.241 e. The molecule has 1 aliphatic rings. The number of hydrogen-bond acceptors (Lipinski definition) is 3. The van der Waals surface area contributed by atoms with Gasteiger partial charge in [-0.25, -0.2) is 4.99 Å². The van der Waals surface area contributed by atoms with Crippen molar-refractivity contribution in [1.82, 2.24) is 16.0 Å². The number of carbonyl (C=O) groups excluding carboxylic acids is 2. The van der Waals surface area contributed by atoms with E-state index in [4.69, 9.17) is 0 Å². The molecule has 144 valence electrons. The summed E-state index contributed by atoms with van der Waals surface area (Å²) in [5.41, 5.74) is 0.901. The van der Waals surface area contributed by atoms with Crippen LogP contribution in [0.4, 0.5) is 5.69 Å². The fourth-order valence-corrected chi connectivity index (χ4v) is 2.65. The molecule has 1 unspecified atom stereocenters. The molecule has 0 spiro atoms. The van der Waals surface area contributed by atoms with E-state index in [1.807, 2.05) is 44.2 Å². The molecule has 1 heterocycles. The highest BCUT2D eigenvalue weighted by Gasteiger charge is 2.31. The van der Waals surface area contributed by atoms with Crippen LogP contribution >= 0.6 is 24.0 Å². The Morgan fingerprint density at radius 3 is 2.62 bits per heavy atom. The first-order chi connectivity index (χ1) is 12.1. The van der Waals surface area contributed by atoms with E-state index >= 15 is 0 Å². The van der Waals surface area contributed by atoms with Gasteiger partial charge in [-0.15, -0.1) is 24.0 Å². The summed E-state index contributed by atoms with van der Waals surface area (Å²) in [6, 6.07) is 9.59. The zero-order chi connectivity index (χ0) is 18.1. The van der Waals surface area contributed by atoms with Gasteiger partial charge in [0.2, 0.25) is 11.8 Å². The molecule has 0 bridgehead atoms.